The van der Waals surface area contributed by atoms with Gasteiger partial charge >= 0.3 is 0 Å². The Morgan fingerprint density at radius 3 is 2.15 bits per heavy atom. The fourth-order valence-electron chi connectivity index (χ4n) is 4.03. The summed E-state index contributed by atoms with van der Waals surface area (Å²) in [4.78, 5) is 13.1. The molecule has 0 heterocycles. The van der Waals surface area contributed by atoms with Crippen LogP contribution in [0.25, 0.3) is 0 Å². The first-order chi connectivity index (χ1) is 16.0. The van der Waals surface area contributed by atoms with Crippen LogP contribution in [0.5, 0.6) is 0 Å². The van der Waals surface area contributed by atoms with Crippen LogP contribution in [0, 0.1) is 6.92 Å². The first kappa shape index (κ1) is 25.8. The minimum Gasteiger partial charge on any atom is -0.352 e. The highest BCUT2D eigenvalue weighted by molar-refractivity contribution is 7.92. The molecule has 0 aliphatic carbocycles. The van der Waals surface area contributed by atoms with E-state index in [-0.39, 0.29) is 28.8 Å². The fraction of sp³-hybridized carbons (Fsp3) is 0.296. The summed E-state index contributed by atoms with van der Waals surface area (Å²) < 4.78 is 28.1. The summed E-state index contributed by atoms with van der Waals surface area (Å²) in [5.74, 6) is -0.366. The molecule has 1 amide bonds. The summed E-state index contributed by atoms with van der Waals surface area (Å²) in [5, 5.41) is 3.42. The molecule has 0 aliphatic heterocycles. The third kappa shape index (κ3) is 6.39. The predicted octanol–water partition coefficient (Wildman–Crippen LogP) is 5.72. The van der Waals surface area contributed by atoms with Crippen molar-refractivity contribution in [3.8, 4) is 0 Å². The Balaban J connectivity index is 1.80. The van der Waals surface area contributed by atoms with Gasteiger partial charge in [-0.1, -0.05) is 73.5 Å². The molecule has 180 valence electrons. The van der Waals surface area contributed by atoms with Crippen LogP contribution in [0.2, 0.25) is 5.02 Å². The first-order valence-electron chi connectivity index (χ1n) is 11.2. The standard InChI is InChI=1S/C27H31ClN2O3S/c1-20-10-14-24(15-11-20)30(34(32,33)25-16-12-23(28)13-17-25)19-26(31)29-21(2)18-27(3,4)22-8-6-5-7-9-22/h5-17,21H,18-19H2,1-4H3,(H,29,31). The van der Waals surface area contributed by atoms with Crippen molar-refractivity contribution in [3.63, 3.8) is 0 Å². The number of benzene rings is 3. The SMILES string of the molecule is Cc1ccc(N(CC(=O)NC(C)CC(C)(C)c2ccccc2)S(=O)(=O)c2ccc(Cl)cc2)cc1. The van der Waals surface area contributed by atoms with E-state index in [9.17, 15) is 13.2 Å². The molecule has 1 N–H and O–H groups in total. The molecule has 34 heavy (non-hydrogen) atoms. The van der Waals surface area contributed by atoms with Crippen LogP contribution < -0.4 is 9.62 Å². The van der Waals surface area contributed by atoms with E-state index in [0.717, 1.165) is 9.87 Å². The van der Waals surface area contributed by atoms with Crippen LogP contribution >= 0.6 is 11.6 Å². The van der Waals surface area contributed by atoms with E-state index in [1.54, 1.807) is 12.1 Å². The molecule has 0 bridgehead atoms. The smallest absolute Gasteiger partial charge is 0.264 e. The number of anilines is 1. The Morgan fingerprint density at radius 2 is 1.56 bits per heavy atom. The van der Waals surface area contributed by atoms with Crippen molar-refractivity contribution in [2.45, 2.75) is 50.5 Å². The molecule has 7 heteroatoms. The van der Waals surface area contributed by atoms with Gasteiger partial charge in [0.1, 0.15) is 6.54 Å². The van der Waals surface area contributed by atoms with Crippen molar-refractivity contribution in [1.29, 1.82) is 0 Å². The summed E-state index contributed by atoms with van der Waals surface area (Å²) >= 11 is 5.94. The minimum atomic E-state index is -3.98. The molecular formula is C27H31ClN2O3S. The lowest BCUT2D eigenvalue weighted by atomic mass is 9.79. The van der Waals surface area contributed by atoms with Crippen molar-refractivity contribution in [1.82, 2.24) is 5.32 Å². The second-order valence-electron chi connectivity index (χ2n) is 9.22. The third-order valence-corrected chi connectivity index (χ3v) is 7.83. The average molecular weight is 499 g/mol. The van der Waals surface area contributed by atoms with Gasteiger partial charge in [-0.15, -0.1) is 0 Å². The Bertz CT molecular complexity index is 1210. The van der Waals surface area contributed by atoms with E-state index in [2.05, 4.69) is 31.3 Å². The third-order valence-electron chi connectivity index (χ3n) is 5.79. The van der Waals surface area contributed by atoms with Crippen molar-refractivity contribution >= 4 is 33.2 Å². The van der Waals surface area contributed by atoms with Crippen LogP contribution in [-0.2, 0) is 20.2 Å². The summed E-state index contributed by atoms with van der Waals surface area (Å²) in [6.45, 7) is 7.80. The number of rotatable bonds is 9. The van der Waals surface area contributed by atoms with Crippen LogP contribution in [0.15, 0.2) is 83.8 Å². The molecule has 3 aromatic rings. The quantitative estimate of drug-likeness (QED) is 0.410. The van der Waals surface area contributed by atoms with Gasteiger partial charge in [0.2, 0.25) is 5.91 Å². The molecule has 0 saturated heterocycles. The summed E-state index contributed by atoms with van der Waals surface area (Å²) in [7, 11) is -3.98. The van der Waals surface area contributed by atoms with Crippen LogP contribution in [-0.4, -0.2) is 26.9 Å². The molecule has 1 atom stereocenters. The van der Waals surface area contributed by atoms with Gasteiger partial charge in [0.25, 0.3) is 10.0 Å². The van der Waals surface area contributed by atoms with Gasteiger partial charge in [0.15, 0.2) is 0 Å². The lowest BCUT2D eigenvalue weighted by Gasteiger charge is -2.30. The fourth-order valence-corrected chi connectivity index (χ4v) is 5.58. The Labute approximate surface area is 207 Å². The van der Waals surface area contributed by atoms with Crippen LogP contribution in [0.1, 0.15) is 38.3 Å². The van der Waals surface area contributed by atoms with Gasteiger partial charge in [-0.25, -0.2) is 8.42 Å². The van der Waals surface area contributed by atoms with Crippen LogP contribution in [0.4, 0.5) is 5.69 Å². The zero-order valence-corrected chi connectivity index (χ0v) is 21.5. The minimum absolute atomic E-state index is 0.0727. The number of hydrogen-bond acceptors (Lipinski definition) is 3. The molecule has 0 fully saturated rings. The molecule has 3 aromatic carbocycles. The Kier molecular flexibility index (Phi) is 8.05. The van der Waals surface area contributed by atoms with E-state index < -0.39 is 10.0 Å². The maximum atomic E-state index is 13.5. The van der Waals surface area contributed by atoms with Gasteiger partial charge < -0.3 is 5.32 Å². The molecule has 0 spiro atoms. The number of halogens is 1. The van der Waals surface area contributed by atoms with Crippen molar-refractivity contribution in [3.05, 3.63) is 95.0 Å². The molecule has 0 aromatic heterocycles. The van der Waals surface area contributed by atoms with Crippen molar-refractivity contribution in [2.75, 3.05) is 10.8 Å². The molecule has 3 rings (SSSR count). The highest BCUT2D eigenvalue weighted by Crippen LogP contribution is 2.28. The van der Waals surface area contributed by atoms with E-state index in [1.807, 2.05) is 44.2 Å². The zero-order valence-electron chi connectivity index (χ0n) is 20.0. The largest absolute Gasteiger partial charge is 0.352 e. The predicted molar refractivity (Wildman–Crippen MR) is 139 cm³/mol. The number of hydrogen-bond donors (Lipinski definition) is 1. The van der Waals surface area contributed by atoms with E-state index in [0.29, 0.717) is 17.1 Å². The van der Waals surface area contributed by atoms with E-state index >= 15 is 0 Å². The van der Waals surface area contributed by atoms with Gasteiger partial charge in [0.05, 0.1) is 10.6 Å². The monoisotopic (exact) mass is 498 g/mol. The Hall–Kier alpha value is -2.83. The maximum Gasteiger partial charge on any atom is 0.264 e. The van der Waals surface area contributed by atoms with Gasteiger partial charge in [-0.3, -0.25) is 9.10 Å². The normalized spacial score (nSPS) is 12.7. The summed E-state index contributed by atoms with van der Waals surface area (Å²) in [5.41, 5.74) is 2.45. The second-order valence-corrected chi connectivity index (χ2v) is 11.5. The van der Waals surface area contributed by atoms with Gasteiger partial charge in [0, 0.05) is 11.1 Å². The number of sulfonamides is 1. The number of aryl methyl sites for hydroxylation is 1. The molecule has 0 radical (unpaired) electrons. The lowest BCUT2D eigenvalue weighted by molar-refractivity contribution is -0.120. The van der Waals surface area contributed by atoms with Crippen molar-refractivity contribution < 1.29 is 13.2 Å². The number of nitrogens with one attached hydrogen (secondary N) is 1. The highest BCUT2D eigenvalue weighted by atomic mass is 35.5. The zero-order chi connectivity index (χ0) is 24.9. The lowest BCUT2D eigenvalue weighted by Crippen LogP contribution is -2.45. The number of amides is 1. The second kappa shape index (κ2) is 10.6. The summed E-state index contributed by atoms with van der Waals surface area (Å²) in [6, 6.07) is 23.0. The topological polar surface area (TPSA) is 66.5 Å². The van der Waals surface area contributed by atoms with Crippen LogP contribution in [0.3, 0.4) is 0 Å². The first-order valence-corrected chi connectivity index (χ1v) is 13.0. The average Bonchev–Trinajstić information content (AvgIpc) is 2.78. The number of nitrogens with zero attached hydrogens (tertiary/aromatic N) is 1. The van der Waals surface area contributed by atoms with Crippen molar-refractivity contribution in [2.24, 2.45) is 0 Å². The van der Waals surface area contributed by atoms with E-state index in [4.69, 9.17) is 11.6 Å². The van der Waals surface area contributed by atoms with Gasteiger partial charge in [-0.05, 0) is 67.6 Å². The molecular weight excluding hydrogens is 468 g/mol. The number of carbonyl (C=O) groups is 1. The highest BCUT2D eigenvalue weighted by Gasteiger charge is 2.29. The Morgan fingerprint density at radius 1 is 0.971 bits per heavy atom. The summed E-state index contributed by atoms with van der Waals surface area (Å²) in [6.07, 6.45) is 0.706. The molecule has 0 aliphatic rings. The molecule has 5 nitrogen and oxygen atoms in total. The molecule has 0 saturated carbocycles. The number of carbonyl (C=O) groups excluding carboxylic acids is 1. The van der Waals surface area contributed by atoms with Gasteiger partial charge in [-0.2, -0.15) is 0 Å². The molecule has 1 unspecified atom stereocenters. The van der Waals surface area contributed by atoms with E-state index in [1.165, 1.54) is 29.8 Å². The maximum absolute atomic E-state index is 13.5.